The lowest BCUT2D eigenvalue weighted by Gasteiger charge is -2.17. The molecule has 0 aromatic heterocycles. The van der Waals surface area contributed by atoms with E-state index >= 15 is 0 Å². The zero-order valence-corrected chi connectivity index (χ0v) is 7.18. The first kappa shape index (κ1) is 10.8. The van der Waals surface area contributed by atoms with Crippen LogP contribution in [-0.4, -0.2) is 30.1 Å². The van der Waals surface area contributed by atoms with Gasteiger partial charge in [0.1, 0.15) is 0 Å². The molecule has 2 nitrogen and oxygen atoms in total. The lowest BCUT2D eigenvalue weighted by molar-refractivity contribution is -0.143. The molecular weight excluding hydrogens is 185 g/mol. The molecule has 0 bridgehead atoms. The monoisotopic (exact) mass is 198 g/mol. The lowest BCUT2D eigenvalue weighted by Crippen LogP contribution is -2.26. The molecule has 78 valence electrons. The van der Waals surface area contributed by atoms with E-state index in [-0.39, 0.29) is 12.5 Å². The summed E-state index contributed by atoms with van der Waals surface area (Å²) in [6.07, 6.45) is -5.24. The molecule has 1 aliphatic rings. The van der Waals surface area contributed by atoms with Gasteiger partial charge in [-0.1, -0.05) is 0 Å². The van der Waals surface area contributed by atoms with Gasteiger partial charge in [-0.3, -0.25) is 0 Å². The first-order valence-electron chi connectivity index (χ1n) is 4.35. The molecule has 1 heterocycles. The molecule has 2 atom stereocenters. The summed E-state index contributed by atoms with van der Waals surface area (Å²) in [4.78, 5) is 0. The fourth-order valence-corrected chi connectivity index (χ4v) is 1.40. The van der Waals surface area contributed by atoms with Crippen LogP contribution in [0.2, 0.25) is 0 Å². The van der Waals surface area contributed by atoms with E-state index < -0.39 is 18.7 Å². The molecule has 13 heavy (non-hydrogen) atoms. The van der Waals surface area contributed by atoms with Crippen LogP contribution in [0.5, 0.6) is 0 Å². The minimum atomic E-state index is -4.18. The normalized spacial score (nSPS) is 26.3. The minimum Gasteiger partial charge on any atom is -0.390 e. The van der Waals surface area contributed by atoms with Gasteiger partial charge in [0.15, 0.2) is 0 Å². The number of halogens is 3. The summed E-state index contributed by atoms with van der Waals surface area (Å²) in [5, 5.41) is 9.29. The molecule has 1 rings (SSSR count). The molecule has 0 aliphatic carbocycles. The molecule has 2 unspecified atom stereocenters. The Bertz CT molecular complexity index is 152. The Kier molecular flexibility index (Phi) is 3.55. The van der Waals surface area contributed by atoms with Crippen LogP contribution in [0.15, 0.2) is 0 Å². The topological polar surface area (TPSA) is 29.5 Å². The van der Waals surface area contributed by atoms with Crippen molar-refractivity contribution in [1.29, 1.82) is 0 Å². The standard InChI is InChI=1S/C8H13F3O2/c9-8(10,11)4-3-6(12)7-2-1-5-13-7/h6-7,12H,1-5H2. The SMILES string of the molecule is OC(CCC(F)(F)F)C1CCCO1. The maximum Gasteiger partial charge on any atom is 0.389 e. The summed E-state index contributed by atoms with van der Waals surface area (Å²) in [6.45, 7) is 0.549. The van der Waals surface area contributed by atoms with Crippen molar-refractivity contribution in [2.45, 2.75) is 44.1 Å². The van der Waals surface area contributed by atoms with Crippen LogP contribution in [0, 0.1) is 0 Å². The molecule has 0 aromatic carbocycles. The van der Waals surface area contributed by atoms with E-state index in [1.54, 1.807) is 0 Å². The molecule has 5 heteroatoms. The predicted octanol–water partition coefficient (Wildman–Crippen LogP) is 1.87. The maximum absolute atomic E-state index is 11.8. The van der Waals surface area contributed by atoms with Crippen LogP contribution < -0.4 is 0 Å². The average molecular weight is 198 g/mol. The van der Waals surface area contributed by atoms with Gasteiger partial charge in [-0.15, -0.1) is 0 Å². The number of hydrogen-bond acceptors (Lipinski definition) is 2. The van der Waals surface area contributed by atoms with Crippen LogP contribution in [-0.2, 0) is 4.74 Å². The Morgan fingerprint density at radius 3 is 2.62 bits per heavy atom. The van der Waals surface area contributed by atoms with E-state index in [1.165, 1.54) is 0 Å². The smallest absolute Gasteiger partial charge is 0.389 e. The highest BCUT2D eigenvalue weighted by atomic mass is 19.4. The van der Waals surface area contributed by atoms with Crippen molar-refractivity contribution in [3.8, 4) is 0 Å². The van der Waals surface area contributed by atoms with Gasteiger partial charge in [-0.25, -0.2) is 0 Å². The number of aliphatic hydroxyl groups excluding tert-OH is 1. The number of rotatable bonds is 3. The predicted molar refractivity (Wildman–Crippen MR) is 40.3 cm³/mol. The van der Waals surface area contributed by atoms with E-state index in [0.717, 1.165) is 6.42 Å². The first-order valence-corrected chi connectivity index (χ1v) is 4.35. The first-order chi connectivity index (χ1) is 5.99. The summed E-state index contributed by atoms with van der Waals surface area (Å²) >= 11 is 0. The number of ether oxygens (including phenoxy) is 1. The summed E-state index contributed by atoms with van der Waals surface area (Å²) in [7, 11) is 0. The highest BCUT2D eigenvalue weighted by molar-refractivity contribution is 4.74. The lowest BCUT2D eigenvalue weighted by atomic mass is 10.1. The molecular formula is C8H13F3O2. The molecule has 1 aliphatic heterocycles. The zero-order valence-electron chi connectivity index (χ0n) is 7.18. The Morgan fingerprint density at radius 1 is 1.46 bits per heavy atom. The van der Waals surface area contributed by atoms with Crippen LogP contribution in [0.4, 0.5) is 13.2 Å². The van der Waals surface area contributed by atoms with E-state index in [1.807, 2.05) is 0 Å². The van der Waals surface area contributed by atoms with E-state index in [0.29, 0.717) is 13.0 Å². The number of aliphatic hydroxyl groups is 1. The maximum atomic E-state index is 11.8. The second-order valence-electron chi connectivity index (χ2n) is 3.27. The van der Waals surface area contributed by atoms with Crippen LogP contribution >= 0.6 is 0 Å². The van der Waals surface area contributed by atoms with Gasteiger partial charge in [0.05, 0.1) is 12.2 Å². The number of hydrogen-bond donors (Lipinski definition) is 1. The molecule has 0 radical (unpaired) electrons. The molecule has 1 N–H and O–H groups in total. The van der Waals surface area contributed by atoms with Crippen molar-refractivity contribution in [2.75, 3.05) is 6.61 Å². The molecule has 1 saturated heterocycles. The fourth-order valence-electron chi connectivity index (χ4n) is 1.40. The largest absolute Gasteiger partial charge is 0.390 e. The summed E-state index contributed by atoms with van der Waals surface area (Å²) in [5.74, 6) is 0. The highest BCUT2D eigenvalue weighted by Crippen LogP contribution is 2.25. The molecule has 0 amide bonds. The van der Waals surface area contributed by atoms with Crippen molar-refractivity contribution in [3.63, 3.8) is 0 Å². The van der Waals surface area contributed by atoms with Crippen molar-refractivity contribution < 1.29 is 23.0 Å². The summed E-state index contributed by atoms with van der Waals surface area (Å²) in [6, 6.07) is 0. The van der Waals surface area contributed by atoms with Crippen LogP contribution in [0.1, 0.15) is 25.7 Å². The Balaban J connectivity index is 2.20. The third kappa shape index (κ3) is 3.95. The van der Waals surface area contributed by atoms with Crippen molar-refractivity contribution in [1.82, 2.24) is 0 Å². The van der Waals surface area contributed by atoms with Crippen molar-refractivity contribution >= 4 is 0 Å². The van der Waals surface area contributed by atoms with Crippen molar-refractivity contribution in [3.05, 3.63) is 0 Å². The summed E-state index contributed by atoms with van der Waals surface area (Å²) < 4.78 is 40.3. The van der Waals surface area contributed by atoms with Crippen LogP contribution in [0.3, 0.4) is 0 Å². The minimum absolute atomic E-state index is 0.256. The van der Waals surface area contributed by atoms with Crippen LogP contribution in [0.25, 0.3) is 0 Å². The van der Waals surface area contributed by atoms with E-state index in [4.69, 9.17) is 4.74 Å². The van der Waals surface area contributed by atoms with Gasteiger partial charge < -0.3 is 9.84 Å². The molecule has 1 fully saturated rings. The molecule has 0 aromatic rings. The van der Waals surface area contributed by atoms with Gasteiger partial charge >= 0.3 is 6.18 Å². The Morgan fingerprint density at radius 2 is 2.15 bits per heavy atom. The molecule has 0 spiro atoms. The number of alkyl halides is 3. The second-order valence-corrected chi connectivity index (χ2v) is 3.27. The van der Waals surface area contributed by atoms with Gasteiger partial charge in [-0.2, -0.15) is 13.2 Å². The van der Waals surface area contributed by atoms with Gasteiger partial charge in [0, 0.05) is 13.0 Å². The van der Waals surface area contributed by atoms with Crippen molar-refractivity contribution in [2.24, 2.45) is 0 Å². The third-order valence-corrected chi connectivity index (χ3v) is 2.12. The Labute approximate surface area is 74.7 Å². The third-order valence-electron chi connectivity index (χ3n) is 2.12. The average Bonchev–Trinajstić information content (AvgIpc) is 2.50. The van der Waals surface area contributed by atoms with E-state index in [9.17, 15) is 18.3 Å². The zero-order chi connectivity index (χ0) is 9.90. The Hall–Kier alpha value is -0.290. The fraction of sp³-hybridized carbons (Fsp3) is 1.00. The molecule has 0 saturated carbocycles. The highest BCUT2D eigenvalue weighted by Gasteiger charge is 2.31. The quantitative estimate of drug-likeness (QED) is 0.750. The summed E-state index contributed by atoms with van der Waals surface area (Å²) in [5.41, 5.74) is 0. The van der Waals surface area contributed by atoms with E-state index in [2.05, 4.69) is 0 Å². The van der Waals surface area contributed by atoms with Gasteiger partial charge in [0.25, 0.3) is 0 Å². The van der Waals surface area contributed by atoms with Gasteiger partial charge in [-0.05, 0) is 19.3 Å². The van der Waals surface area contributed by atoms with Gasteiger partial charge in [0.2, 0.25) is 0 Å². The second kappa shape index (κ2) is 4.28.